The zero-order chi connectivity index (χ0) is 42.8. The third kappa shape index (κ3) is 10.0. The molecule has 0 radical (unpaired) electrons. The number of fused-ring (bicyclic) bond motifs is 1. The second kappa shape index (κ2) is 18.1. The number of likely N-dealkylation sites (tertiary alicyclic amines) is 1. The van der Waals surface area contributed by atoms with Crippen molar-refractivity contribution < 1.29 is 76.1 Å². The van der Waals surface area contributed by atoms with Crippen LogP contribution in [0, 0.1) is 0 Å². The normalized spacial score (nSPS) is 29.5. The molecular weight excluding hydrogens is 832 g/mol. The third-order valence-electron chi connectivity index (χ3n) is 9.54. The molecule has 3 aromatic rings. The topological polar surface area (TPSA) is 368 Å². The number of anilines is 2. The van der Waals surface area contributed by atoms with Gasteiger partial charge in [-0.15, -0.1) is 6.58 Å². The van der Waals surface area contributed by atoms with E-state index in [0.29, 0.717) is 13.0 Å². The van der Waals surface area contributed by atoms with E-state index in [1.807, 2.05) is 0 Å². The number of carbonyl (C=O) groups is 2. The van der Waals surface area contributed by atoms with E-state index in [2.05, 4.69) is 31.0 Å². The molecule has 3 aliphatic heterocycles. The summed E-state index contributed by atoms with van der Waals surface area (Å²) in [6.07, 6.45) is -8.79. The molecule has 59 heavy (non-hydrogen) atoms. The molecule has 11 atom stereocenters. The average Bonchev–Trinajstić information content (AvgIpc) is 3.94. The van der Waals surface area contributed by atoms with Crippen molar-refractivity contribution in [3.63, 3.8) is 0 Å². The second-order valence-corrected chi connectivity index (χ2v) is 16.1. The Labute approximate surface area is 333 Å². The van der Waals surface area contributed by atoms with Crippen LogP contribution >= 0.6 is 15.6 Å². The Hall–Kier alpha value is -4.27. The molecule has 0 saturated carbocycles. The number of allylic oxidation sites excluding steroid dienone is 1. The van der Waals surface area contributed by atoms with Gasteiger partial charge in [0, 0.05) is 32.2 Å². The number of aliphatic hydroxyl groups excluding tert-OH is 2. The highest BCUT2D eigenvalue weighted by Gasteiger charge is 2.53. The summed E-state index contributed by atoms with van der Waals surface area (Å²) in [5.41, 5.74) is 10.7. The predicted octanol–water partition coefficient (Wildman–Crippen LogP) is -1.74. The molecule has 1 amide bonds. The molecule has 3 aliphatic rings. The number of aliphatic hydroxyl groups is 2. The van der Waals surface area contributed by atoms with Gasteiger partial charge in [-0.3, -0.25) is 27.5 Å². The standard InChI is InChI=1S/C31H43N9O17P2/c1-3-5-6-20(41)39-10-15(51-4-2)9-16(39)30(44)56-24-17(54-29(22(24)42)40-14-36-21-26(33)34-13-35-27(21)40)12-53-59(49,50)57-25-18(11-52-58(46,47)48)55-28(23(25)43)38-8-7-19(32)37-31(38)45/h3,7-8,13-18,22-25,28-29,42-43H,1,4-6,9-12H2,2H3,(H,49,50)(H2,32,37,45)(H2,33,34,35)(H2,46,47,48)/t15-,16+,17-,18-,22-,23-,24-,25-,28-,29-/m1/s1. The Bertz CT molecular complexity index is 2170. The minimum atomic E-state index is -5.40. The lowest BCUT2D eigenvalue weighted by Gasteiger charge is -2.27. The number of aromatic nitrogens is 6. The zero-order valence-electron chi connectivity index (χ0n) is 31.1. The number of carbonyl (C=O) groups excluding carboxylic acids is 2. The van der Waals surface area contributed by atoms with Crippen molar-refractivity contribution in [1.82, 2.24) is 34.0 Å². The van der Waals surface area contributed by atoms with Gasteiger partial charge in [0.15, 0.2) is 30.0 Å². The van der Waals surface area contributed by atoms with Gasteiger partial charge in [-0.25, -0.2) is 33.7 Å². The number of nitrogens with two attached hydrogens (primary N) is 2. The summed E-state index contributed by atoms with van der Waals surface area (Å²) in [5, 5.41) is 22.8. The van der Waals surface area contributed by atoms with E-state index in [-0.39, 0.29) is 48.1 Å². The van der Waals surface area contributed by atoms with E-state index < -0.39 is 102 Å². The summed E-state index contributed by atoms with van der Waals surface area (Å²) < 4.78 is 65.1. The Balaban J connectivity index is 1.24. The minimum Gasteiger partial charge on any atom is -0.455 e. The lowest BCUT2D eigenvalue weighted by molar-refractivity contribution is -0.164. The van der Waals surface area contributed by atoms with Crippen LogP contribution < -0.4 is 17.2 Å². The Morgan fingerprint density at radius 2 is 1.69 bits per heavy atom. The van der Waals surface area contributed by atoms with E-state index in [9.17, 15) is 48.4 Å². The molecule has 3 aromatic heterocycles. The van der Waals surface area contributed by atoms with Crippen LogP contribution in [-0.2, 0) is 51.2 Å². The van der Waals surface area contributed by atoms with Crippen LogP contribution in [0.25, 0.3) is 11.2 Å². The van der Waals surface area contributed by atoms with E-state index in [1.165, 1.54) is 21.9 Å². The molecular formula is C31H43N9O17P2. The maximum absolute atomic E-state index is 13.9. The van der Waals surface area contributed by atoms with Crippen molar-refractivity contribution >= 4 is 50.3 Å². The molecule has 28 heteroatoms. The highest BCUT2D eigenvalue weighted by atomic mass is 31.2. The van der Waals surface area contributed by atoms with E-state index in [0.717, 1.165) is 17.1 Å². The zero-order valence-corrected chi connectivity index (χ0v) is 32.9. The maximum Gasteiger partial charge on any atom is 0.472 e. The van der Waals surface area contributed by atoms with E-state index >= 15 is 0 Å². The maximum atomic E-state index is 13.9. The first kappa shape index (κ1) is 44.3. The Kier molecular flexibility index (Phi) is 13.6. The smallest absolute Gasteiger partial charge is 0.455 e. The van der Waals surface area contributed by atoms with Gasteiger partial charge < -0.3 is 60.2 Å². The minimum absolute atomic E-state index is 0.00360. The number of phosphoric acid groups is 2. The number of rotatable bonds is 17. The first-order valence-electron chi connectivity index (χ1n) is 17.9. The summed E-state index contributed by atoms with van der Waals surface area (Å²) in [6, 6.07) is 0.0226. The molecule has 9 N–H and O–H groups in total. The second-order valence-electron chi connectivity index (χ2n) is 13.5. The van der Waals surface area contributed by atoms with Crippen molar-refractivity contribution in [2.24, 2.45) is 0 Å². The van der Waals surface area contributed by atoms with E-state index in [1.54, 1.807) is 13.0 Å². The van der Waals surface area contributed by atoms with Crippen LogP contribution in [0.1, 0.15) is 38.6 Å². The molecule has 0 bridgehead atoms. The van der Waals surface area contributed by atoms with Gasteiger partial charge in [0.2, 0.25) is 5.91 Å². The van der Waals surface area contributed by atoms with Gasteiger partial charge in [0.1, 0.15) is 54.2 Å². The van der Waals surface area contributed by atoms with Crippen LogP contribution in [-0.4, -0.2) is 146 Å². The fourth-order valence-electron chi connectivity index (χ4n) is 6.88. The SMILES string of the molecule is C=CCCC(=O)N1C[C@H](OCC)C[C@H]1C(=O)O[C@H]1[C@@H](O)[C@H](n2cnc3c(N)ncnc32)O[C@@H]1COP(=O)(O)O[C@H]1[C@@H](O)[C@H](n2ccc(N)nc2=O)O[C@@H]1COP(=O)(O)O. The lowest BCUT2D eigenvalue weighted by atomic mass is 10.1. The van der Waals surface area contributed by atoms with Crippen LogP contribution in [0.4, 0.5) is 11.6 Å². The summed E-state index contributed by atoms with van der Waals surface area (Å²) in [7, 11) is -10.6. The van der Waals surface area contributed by atoms with Gasteiger partial charge in [-0.2, -0.15) is 4.98 Å². The molecule has 3 fully saturated rings. The Morgan fingerprint density at radius 3 is 2.37 bits per heavy atom. The van der Waals surface area contributed by atoms with Crippen LogP contribution in [0.3, 0.4) is 0 Å². The third-order valence-corrected chi connectivity index (χ3v) is 11.0. The number of nitrogen functional groups attached to an aromatic ring is 2. The molecule has 0 aromatic carbocycles. The van der Waals surface area contributed by atoms with Crippen molar-refractivity contribution in [3.8, 4) is 0 Å². The monoisotopic (exact) mass is 875 g/mol. The fraction of sp³-hybridized carbons (Fsp3) is 0.581. The van der Waals surface area contributed by atoms with Gasteiger partial charge in [-0.05, 0) is 19.4 Å². The largest absolute Gasteiger partial charge is 0.472 e. The number of phosphoric ester groups is 2. The van der Waals surface area contributed by atoms with Gasteiger partial charge in [0.25, 0.3) is 0 Å². The van der Waals surface area contributed by atoms with Crippen LogP contribution in [0.2, 0.25) is 0 Å². The number of ether oxygens (including phenoxy) is 4. The summed E-state index contributed by atoms with van der Waals surface area (Å²) >= 11 is 0. The molecule has 3 saturated heterocycles. The number of amides is 1. The Morgan fingerprint density at radius 1 is 1.02 bits per heavy atom. The number of imidazole rings is 1. The van der Waals surface area contributed by atoms with Crippen LogP contribution in [0.15, 0.2) is 42.4 Å². The van der Waals surface area contributed by atoms with E-state index in [4.69, 9.17) is 39.5 Å². The van der Waals surface area contributed by atoms with Crippen molar-refractivity contribution in [3.05, 3.63) is 48.1 Å². The molecule has 6 rings (SSSR count). The van der Waals surface area contributed by atoms with Crippen molar-refractivity contribution in [1.29, 1.82) is 0 Å². The van der Waals surface area contributed by atoms with Gasteiger partial charge in [-0.1, -0.05) is 6.08 Å². The molecule has 26 nitrogen and oxygen atoms in total. The van der Waals surface area contributed by atoms with Gasteiger partial charge >= 0.3 is 27.3 Å². The highest BCUT2D eigenvalue weighted by molar-refractivity contribution is 7.47. The molecule has 1 unspecified atom stereocenters. The first-order valence-corrected chi connectivity index (χ1v) is 21.0. The first-order chi connectivity index (χ1) is 27.9. The average molecular weight is 876 g/mol. The number of hydrogen-bond acceptors (Lipinski definition) is 20. The predicted molar refractivity (Wildman–Crippen MR) is 196 cm³/mol. The molecule has 0 aliphatic carbocycles. The van der Waals surface area contributed by atoms with Crippen LogP contribution in [0.5, 0.6) is 0 Å². The number of esters is 1. The molecule has 0 spiro atoms. The number of hydrogen-bond donors (Lipinski definition) is 7. The quantitative estimate of drug-likeness (QED) is 0.0449. The lowest BCUT2D eigenvalue weighted by Crippen LogP contribution is -2.46. The van der Waals surface area contributed by atoms with Gasteiger partial charge in [0.05, 0.1) is 25.6 Å². The highest BCUT2D eigenvalue weighted by Crippen LogP contribution is 2.50. The van der Waals surface area contributed by atoms with Crippen molar-refractivity contribution in [2.45, 2.75) is 87.4 Å². The fourth-order valence-corrected chi connectivity index (χ4v) is 8.18. The molecule has 324 valence electrons. The molecule has 6 heterocycles. The van der Waals surface area contributed by atoms with Crippen molar-refractivity contribution in [2.75, 3.05) is 37.8 Å². The summed E-state index contributed by atoms with van der Waals surface area (Å²) in [5.74, 6) is -1.52. The summed E-state index contributed by atoms with van der Waals surface area (Å²) in [4.78, 5) is 86.1. The summed E-state index contributed by atoms with van der Waals surface area (Å²) in [6.45, 7) is 3.79. The number of nitrogens with zero attached hydrogens (tertiary/aromatic N) is 7.